The van der Waals surface area contributed by atoms with Crippen LogP contribution in [0.3, 0.4) is 0 Å². The fourth-order valence-electron chi connectivity index (χ4n) is 11.3. The highest BCUT2D eigenvalue weighted by atomic mass is 31.2. The van der Waals surface area contributed by atoms with Crippen molar-refractivity contribution < 1.29 is 80.2 Å². The molecule has 6 atom stereocenters. The van der Waals surface area contributed by atoms with E-state index >= 15 is 0 Å². The molecule has 0 bridgehead atoms. The van der Waals surface area contributed by atoms with E-state index in [4.69, 9.17) is 37.0 Å². The molecule has 0 radical (unpaired) electrons. The van der Waals surface area contributed by atoms with Crippen molar-refractivity contribution in [3.05, 3.63) is 0 Å². The van der Waals surface area contributed by atoms with Crippen LogP contribution in [-0.4, -0.2) is 96.7 Å². The quantitative estimate of drug-likeness (QED) is 0.0222. The van der Waals surface area contributed by atoms with Crippen LogP contribution >= 0.6 is 15.6 Å². The van der Waals surface area contributed by atoms with Gasteiger partial charge in [-0.1, -0.05) is 330 Å². The van der Waals surface area contributed by atoms with Crippen molar-refractivity contribution in [1.82, 2.24) is 0 Å². The molecule has 0 aromatic heterocycles. The number of unbranched alkanes of at least 4 members (excludes halogenated alkanes) is 42. The highest BCUT2D eigenvalue weighted by Gasteiger charge is 2.30. The number of rotatable bonds is 73. The van der Waals surface area contributed by atoms with E-state index in [1.54, 1.807) is 0 Å². The molecule has 0 spiro atoms. The lowest BCUT2D eigenvalue weighted by atomic mass is 10.00. The number of esters is 4. The van der Waals surface area contributed by atoms with Gasteiger partial charge < -0.3 is 33.8 Å². The summed E-state index contributed by atoms with van der Waals surface area (Å²) in [6.07, 6.45) is 52.7. The molecule has 552 valence electrons. The number of hydrogen-bond acceptors (Lipinski definition) is 15. The van der Waals surface area contributed by atoms with Crippen LogP contribution in [0.2, 0.25) is 0 Å². The SMILES string of the molecule is CCCCCCCCCCCCCCCCCCCCC(=O)O[C@H](COC(=O)CCCCCCCCCCCCC(C)C)COP(=O)(O)OC[C@@H](O)COP(=O)(O)OC[C@@H](COC(=O)CCCCCCCCC(C)CC)OC(=O)CCCCCCCCCCCCCC. The first-order chi connectivity index (χ1) is 44.9. The first kappa shape index (κ1) is 91.1. The Morgan fingerprint density at radius 3 is 0.817 bits per heavy atom. The van der Waals surface area contributed by atoms with Crippen molar-refractivity contribution in [2.75, 3.05) is 39.6 Å². The van der Waals surface area contributed by atoms with E-state index in [0.717, 1.165) is 108 Å². The standard InChI is InChI=1S/C74H144O17P2/c1-7-10-12-14-16-18-20-22-23-24-25-26-27-29-35-39-47-53-59-74(79)90-69(62-84-71(76)56-50-44-37-33-31-30-32-36-42-48-54-66(4)5)64-88-92(80,81)86-60-68(75)61-87-93(82,83)89-65-70(63-85-72(77)57-51-45-41-40-43-49-55-67(6)9-3)91-73(78)58-52-46-38-34-28-21-19-17-15-13-11-8-2/h66-70,75H,7-65H2,1-6H3,(H,80,81)(H,82,83)/t67?,68-,69-,70-/m1/s1. The molecular formula is C74H144O17P2. The third-order valence-electron chi connectivity index (χ3n) is 17.6. The summed E-state index contributed by atoms with van der Waals surface area (Å²) in [5.41, 5.74) is 0. The summed E-state index contributed by atoms with van der Waals surface area (Å²) in [6, 6.07) is 0. The first-order valence-corrected chi connectivity index (χ1v) is 41.5. The topological polar surface area (TPSA) is 237 Å². The predicted molar refractivity (Wildman–Crippen MR) is 377 cm³/mol. The van der Waals surface area contributed by atoms with Gasteiger partial charge in [0.1, 0.15) is 19.3 Å². The van der Waals surface area contributed by atoms with Gasteiger partial charge in [-0.3, -0.25) is 37.3 Å². The Bertz CT molecular complexity index is 1810. The van der Waals surface area contributed by atoms with Crippen LogP contribution in [0, 0.1) is 11.8 Å². The average Bonchev–Trinajstić information content (AvgIpc) is 3.31. The van der Waals surface area contributed by atoms with E-state index < -0.39 is 97.5 Å². The molecule has 0 saturated carbocycles. The van der Waals surface area contributed by atoms with E-state index in [2.05, 4.69) is 41.5 Å². The van der Waals surface area contributed by atoms with Crippen LogP contribution in [0.1, 0.15) is 382 Å². The minimum atomic E-state index is -4.96. The summed E-state index contributed by atoms with van der Waals surface area (Å²) in [6.45, 7) is 9.54. The number of aliphatic hydroxyl groups excluding tert-OH is 1. The van der Waals surface area contributed by atoms with E-state index in [1.165, 1.54) is 193 Å². The van der Waals surface area contributed by atoms with Crippen LogP contribution in [0.4, 0.5) is 0 Å². The molecule has 19 heteroatoms. The second-order valence-corrected chi connectivity index (χ2v) is 30.3. The smallest absolute Gasteiger partial charge is 0.462 e. The molecule has 17 nitrogen and oxygen atoms in total. The lowest BCUT2D eigenvalue weighted by Gasteiger charge is -2.21. The van der Waals surface area contributed by atoms with Gasteiger partial charge in [-0.15, -0.1) is 0 Å². The monoisotopic (exact) mass is 1370 g/mol. The maximum Gasteiger partial charge on any atom is 0.472 e. The molecule has 0 heterocycles. The predicted octanol–water partition coefficient (Wildman–Crippen LogP) is 21.6. The number of ether oxygens (including phenoxy) is 4. The second-order valence-electron chi connectivity index (χ2n) is 27.4. The molecule has 3 N–H and O–H groups in total. The first-order valence-electron chi connectivity index (χ1n) is 38.5. The molecule has 0 aromatic carbocycles. The van der Waals surface area contributed by atoms with Crippen molar-refractivity contribution in [3.8, 4) is 0 Å². The Labute approximate surface area is 568 Å². The maximum absolute atomic E-state index is 13.1. The zero-order valence-corrected chi connectivity index (χ0v) is 62.3. The van der Waals surface area contributed by atoms with E-state index in [0.29, 0.717) is 25.7 Å². The highest BCUT2D eigenvalue weighted by Crippen LogP contribution is 2.45. The van der Waals surface area contributed by atoms with Crippen LogP contribution in [0.25, 0.3) is 0 Å². The Morgan fingerprint density at radius 2 is 0.548 bits per heavy atom. The van der Waals surface area contributed by atoms with Gasteiger partial charge in [-0.05, 0) is 37.5 Å². The van der Waals surface area contributed by atoms with Gasteiger partial charge in [0.15, 0.2) is 12.2 Å². The third-order valence-corrected chi connectivity index (χ3v) is 19.5. The van der Waals surface area contributed by atoms with Gasteiger partial charge >= 0.3 is 39.5 Å². The Kier molecular flexibility index (Phi) is 64.6. The van der Waals surface area contributed by atoms with Crippen LogP contribution in [0.5, 0.6) is 0 Å². The normalized spacial score (nSPS) is 14.3. The van der Waals surface area contributed by atoms with Crippen molar-refractivity contribution in [2.24, 2.45) is 11.8 Å². The largest absolute Gasteiger partial charge is 0.472 e. The van der Waals surface area contributed by atoms with E-state index in [9.17, 15) is 43.2 Å². The van der Waals surface area contributed by atoms with Crippen molar-refractivity contribution in [2.45, 2.75) is 400 Å². The van der Waals surface area contributed by atoms with Gasteiger partial charge in [0.2, 0.25) is 0 Å². The fourth-order valence-corrected chi connectivity index (χ4v) is 12.8. The second kappa shape index (κ2) is 66.0. The Balaban J connectivity index is 5.24. The molecular weight excluding hydrogens is 1220 g/mol. The Morgan fingerprint density at radius 1 is 0.312 bits per heavy atom. The van der Waals surface area contributed by atoms with Crippen molar-refractivity contribution >= 4 is 39.5 Å². The maximum atomic E-state index is 13.1. The van der Waals surface area contributed by atoms with Crippen molar-refractivity contribution in [1.29, 1.82) is 0 Å². The molecule has 0 aliphatic carbocycles. The molecule has 3 unspecified atom stereocenters. The fraction of sp³-hybridized carbons (Fsp3) is 0.946. The van der Waals surface area contributed by atoms with E-state index in [-0.39, 0.29) is 25.7 Å². The third kappa shape index (κ3) is 67.0. The molecule has 0 aliphatic rings. The number of carbonyl (C=O) groups is 4. The highest BCUT2D eigenvalue weighted by molar-refractivity contribution is 7.47. The van der Waals surface area contributed by atoms with Gasteiger partial charge in [0.05, 0.1) is 26.4 Å². The van der Waals surface area contributed by atoms with Crippen molar-refractivity contribution in [3.63, 3.8) is 0 Å². The number of aliphatic hydroxyl groups is 1. The summed E-state index contributed by atoms with van der Waals surface area (Å²) < 4.78 is 68.4. The lowest BCUT2D eigenvalue weighted by Crippen LogP contribution is -2.30. The summed E-state index contributed by atoms with van der Waals surface area (Å²) in [5.74, 6) is -0.629. The summed E-state index contributed by atoms with van der Waals surface area (Å²) >= 11 is 0. The summed E-state index contributed by atoms with van der Waals surface area (Å²) in [5, 5.41) is 10.6. The molecule has 0 amide bonds. The van der Waals surface area contributed by atoms with Gasteiger partial charge in [0, 0.05) is 25.7 Å². The van der Waals surface area contributed by atoms with Crippen LogP contribution in [0.15, 0.2) is 0 Å². The summed E-state index contributed by atoms with van der Waals surface area (Å²) in [7, 11) is -9.91. The van der Waals surface area contributed by atoms with Crippen LogP contribution in [-0.2, 0) is 65.4 Å². The molecule has 0 fully saturated rings. The van der Waals surface area contributed by atoms with Gasteiger partial charge in [-0.2, -0.15) is 0 Å². The van der Waals surface area contributed by atoms with E-state index in [1.807, 2.05) is 0 Å². The summed E-state index contributed by atoms with van der Waals surface area (Å²) in [4.78, 5) is 72.7. The van der Waals surface area contributed by atoms with Crippen LogP contribution < -0.4 is 0 Å². The molecule has 0 rings (SSSR count). The number of carbonyl (C=O) groups excluding carboxylic acids is 4. The number of phosphoric acid groups is 2. The average molecular weight is 1370 g/mol. The zero-order valence-electron chi connectivity index (χ0n) is 60.6. The number of phosphoric ester groups is 2. The van der Waals surface area contributed by atoms with Gasteiger partial charge in [-0.25, -0.2) is 9.13 Å². The van der Waals surface area contributed by atoms with Gasteiger partial charge in [0.25, 0.3) is 0 Å². The molecule has 0 aromatic rings. The number of hydrogen-bond donors (Lipinski definition) is 3. The molecule has 0 saturated heterocycles. The lowest BCUT2D eigenvalue weighted by molar-refractivity contribution is -0.161. The molecule has 93 heavy (non-hydrogen) atoms. The minimum Gasteiger partial charge on any atom is -0.462 e. The zero-order chi connectivity index (χ0) is 68.6. The Hall–Kier alpha value is -1.94. The molecule has 0 aliphatic heterocycles. The minimum absolute atomic E-state index is 0.106.